The van der Waals surface area contributed by atoms with Gasteiger partial charge in [-0.05, 0) is 61.7 Å². The lowest BCUT2D eigenvalue weighted by molar-refractivity contribution is 0.302. The maximum Gasteiger partial charge on any atom is 0.204 e. The second-order valence-corrected chi connectivity index (χ2v) is 9.13. The van der Waals surface area contributed by atoms with Gasteiger partial charge in [-0.1, -0.05) is 47.7 Å². The van der Waals surface area contributed by atoms with E-state index in [0.717, 1.165) is 39.6 Å². The van der Waals surface area contributed by atoms with Crippen LogP contribution in [0.4, 0.5) is 5.13 Å². The monoisotopic (exact) mass is 454 g/mol. The van der Waals surface area contributed by atoms with Gasteiger partial charge in [0, 0.05) is 29.2 Å². The Hall–Kier alpha value is -3.64. The van der Waals surface area contributed by atoms with Gasteiger partial charge in [0.2, 0.25) is 5.13 Å². The Morgan fingerprint density at radius 2 is 1.88 bits per heavy atom. The van der Waals surface area contributed by atoms with Crippen LogP contribution in [0.2, 0.25) is 0 Å². The Balaban J connectivity index is 1.25. The summed E-state index contributed by atoms with van der Waals surface area (Å²) in [6, 6.07) is 22.8. The van der Waals surface area contributed by atoms with E-state index in [4.69, 9.17) is 4.74 Å². The Morgan fingerprint density at radius 1 is 1.03 bits per heavy atom. The van der Waals surface area contributed by atoms with E-state index in [1.807, 2.05) is 30.5 Å². The summed E-state index contributed by atoms with van der Waals surface area (Å²) in [4.78, 5) is 4.57. The molecule has 0 aliphatic rings. The molecule has 0 unspecified atom stereocenters. The molecule has 0 saturated carbocycles. The van der Waals surface area contributed by atoms with Gasteiger partial charge < -0.3 is 9.30 Å². The minimum absolute atomic E-state index is 0.678. The predicted molar refractivity (Wildman–Crippen MR) is 139 cm³/mol. The molecule has 3 aromatic carbocycles. The molecule has 2 aromatic heterocycles. The van der Waals surface area contributed by atoms with Crippen LogP contribution in [-0.4, -0.2) is 22.4 Å². The fraction of sp³-hybridized carbons (Fsp3) is 0.185. The number of hydrogen-bond acceptors (Lipinski definition) is 5. The first-order valence-electron chi connectivity index (χ1n) is 11.1. The zero-order valence-corrected chi connectivity index (χ0v) is 19.6. The quantitative estimate of drug-likeness (QED) is 0.160. The van der Waals surface area contributed by atoms with Crippen LogP contribution in [0.25, 0.3) is 21.1 Å². The normalized spacial score (nSPS) is 11.6. The van der Waals surface area contributed by atoms with Crippen molar-refractivity contribution < 1.29 is 4.74 Å². The molecule has 0 radical (unpaired) electrons. The average Bonchev–Trinajstić information content (AvgIpc) is 3.40. The summed E-state index contributed by atoms with van der Waals surface area (Å²) < 4.78 is 9.39. The SMILES string of the molecule is Cc1ccc(OCCCn2cc(/C=N\Nc3nc4ccccc4s3)c3ccccc32)cc1C. The van der Waals surface area contributed by atoms with Crippen LogP contribution in [-0.2, 0) is 6.54 Å². The Kier molecular flexibility index (Phi) is 6.09. The molecule has 2 heterocycles. The zero-order valence-electron chi connectivity index (χ0n) is 18.8. The van der Waals surface area contributed by atoms with Gasteiger partial charge in [0.1, 0.15) is 5.75 Å². The van der Waals surface area contributed by atoms with Gasteiger partial charge >= 0.3 is 0 Å². The van der Waals surface area contributed by atoms with Crippen LogP contribution >= 0.6 is 11.3 Å². The Labute approximate surface area is 197 Å². The van der Waals surface area contributed by atoms with Crippen LogP contribution in [0.1, 0.15) is 23.1 Å². The molecule has 0 saturated heterocycles. The third kappa shape index (κ3) is 4.76. The Morgan fingerprint density at radius 3 is 2.76 bits per heavy atom. The van der Waals surface area contributed by atoms with E-state index < -0.39 is 0 Å². The molecular formula is C27H26N4OS. The van der Waals surface area contributed by atoms with Crippen molar-refractivity contribution in [2.45, 2.75) is 26.8 Å². The van der Waals surface area contributed by atoms with Crippen molar-refractivity contribution in [3.05, 3.63) is 89.6 Å². The van der Waals surface area contributed by atoms with Crippen LogP contribution in [0.3, 0.4) is 0 Å². The second-order valence-electron chi connectivity index (χ2n) is 8.10. The highest BCUT2D eigenvalue weighted by Crippen LogP contribution is 2.26. The lowest BCUT2D eigenvalue weighted by atomic mass is 10.1. The predicted octanol–water partition coefficient (Wildman–Crippen LogP) is 6.78. The van der Waals surface area contributed by atoms with Gasteiger partial charge in [-0.3, -0.25) is 5.43 Å². The van der Waals surface area contributed by atoms with Crippen LogP contribution in [0, 0.1) is 13.8 Å². The van der Waals surface area contributed by atoms with Gasteiger partial charge in [0.05, 0.1) is 23.0 Å². The molecule has 0 spiro atoms. The van der Waals surface area contributed by atoms with Crippen molar-refractivity contribution in [2.24, 2.45) is 5.10 Å². The lowest BCUT2D eigenvalue weighted by Crippen LogP contribution is -2.04. The maximum atomic E-state index is 5.97. The van der Waals surface area contributed by atoms with Crippen molar-refractivity contribution in [3.8, 4) is 5.75 Å². The minimum Gasteiger partial charge on any atom is -0.494 e. The molecule has 0 aliphatic carbocycles. The zero-order chi connectivity index (χ0) is 22.6. The van der Waals surface area contributed by atoms with E-state index >= 15 is 0 Å². The number of fused-ring (bicyclic) bond motifs is 2. The average molecular weight is 455 g/mol. The molecule has 0 aliphatic heterocycles. The number of aryl methyl sites for hydroxylation is 3. The van der Waals surface area contributed by atoms with Gasteiger partial charge in [0.15, 0.2) is 0 Å². The van der Waals surface area contributed by atoms with Crippen LogP contribution in [0.15, 0.2) is 78.0 Å². The number of benzene rings is 3. The van der Waals surface area contributed by atoms with Gasteiger partial charge in [-0.15, -0.1) is 0 Å². The van der Waals surface area contributed by atoms with Gasteiger partial charge in [-0.2, -0.15) is 5.10 Å². The molecule has 5 rings (SSSR count). The lowest BCUT2D eigenvalue weighted by Gasteiger charge is -2.09. The minimum atomic E-state index is 0.678. The number of nitrogens with zero attached hydrogens (tertiary/aromatic N) is 3. The highest BCUT2D eigenvalue weighted by molar-refractivity contribution is 7.22. The number of nitrogens with one attached hydrogen (secondary N) is 1. The van der Waals surface area contributed by atoms with E-state index in [-0.39, 0.29) is 0 Å². The molecule has 0 bridgehead atoms. The molecule has 6 heteroatoms. The fourth-order valence-electron chi connectivity index (χ4n) is 3.87. The highest BCUT2D eigenvalue weighted by atomic mass is 32.1. The van der Waals surface area contributed by atoms with E-state index in [1.165, 1.54) is 22.0 Å². The topological polar surface area (TPSA) is 51.4 Å². The summed E-state index contributed by atoms with van der Waals surface area (Å²) in [6.07, 6.45) is 4.95. The number of thiazole rings is 1. The van der Waals surface area contributed by atoms with E-state index in [9.17, 15) is 0 Å². The molecule has 1 N–H and O–H groups in total. The standard InChI is InChI=1S/C27H26N4OS/c1-19-12-13-22(16-20(19)2)32-15-7-14-31-18-21(23-8-3-5-10-25(23)31)17-28-30-27-29-24-9-4-6-11-26(24)33-27/h3-6,8-13,16-18H,7,14-15H2,1-2H3,(H,29,30)/b28-17-. The van der Waals surface area contributed by atoms with E-state index in [0.29, 0.717) is 6.61 Å². The van der Waals surface area contributed by atoms with Crippen molar-refractivity contribution in [1.29, 1.82) is 0 Å². The second kappa shape index (κ2) is 9.46. The number of hydrazone groups is 1. The summed E-state index contributed by atoms with van der Waals surface area (Å²) >= 11 is 1.60. The largest absolute Gasteiger partial charge is 0.494 e. The molecular weight excluding hydrogens is 428 g/mol. The van der Waals surface area contributed by atoms with Crippen molar-refractivity contribution in [1.82, 2.24) is 9.55 Å². The summed E-state index contributed by atoms with van der Waals surface area (Å²) in [5, 5.41) is 6.43. The van der Waals surface area contributed by atoms with Crippen LogP contribution < -0.4 is 10.2 Å². The first-order chi connectivity index (χ1) is 16.2. The molecule has 0 atom stereocenters. The maximum absolute atomic E-state index is 5.97. The molecule has 0 amide bonds. The number of ether oxygens (including phenoxy) is 1. The molecule has 166 valence electrons. The van der Waals surface area contributed by atoms with Gasteiger partial charge in [0.25, 0.3) is 0 Å². The van der Waals surface area contributed by atoms with Crippen molar-refractivity contribution in [2.75, 3.05) is 12.0 Å². The van der Waals surface area contributed by atoms with Crippen molar-refractivity contribution in [3.63, 3.8) is 0 Å². The van der Waals surface area contributed by atoms with E-state index in [2.05, 4.69) is 82.6 Å². The summed E-state index contributed by atoms with van der Waals surface area (Å²) in [5.74, 6) is 0.934. The number of anilines is 1. The van der Waals surface area contributed by atoms with Crippen LogP contribution in [0.5, 0.6) is 5.75 Å². The molecule has 33 heavy (non-hydrogen) atoms. The molecule has 0 fully saturated rings. The van der Waals surface area contributed by atoms with Gasteiger partial charge in [-0.25, -0.2) is 4.98 Å². The number of rotatable bonds is 8. The first-order valence-corrected chi connectivity index (χ1v) is 11.9. The van der Waals surface area contributed by atoms with Crippen molar-refractivity contribution >= 4 is 43.8 Å². The molecule has 5 nitrogen and oxygen atoms in total. The summed E-state index contributed by atoms with van der Waals surface area (Å²) in [5.41, 5.74) is 8.89. The number of aromatic nitrogens is 2. The highest BCUT2D eigenvalue weighted by Gasteiger charge is 2.07. The van der Waals surface area contributed by atoms with E-state index in [1.54, 1.807) is 11.3 Å². The fourth-order valence-corrected chi connectivity index (χ4v) is 4.68. The number of para-hydroxylation sites is 2. The molecule has 5 aromatic rings. The number of hydrogen-bond donors (Lipinski definition) is 1. The first kappa shape index (κ1) is 21.2. The third-order valence-electron chi connectivity index (χ3n) is 5.77. The summed E-state index contributed by atoms with van der Waals surface area (Å²) in [7, 11) is 0. The third-order valence-corrected chi connectivity index (χ3v) is 6.71. The summed E-state index contributed by atoms with van der Waals surface area (Å²) in [6.45, 7) is 5.79. The Bertz CT molecular complexity index is 1400. The smallest absolute Gasteiger partial charge is 0.204 e.